The number of rotatable bonds is 0. The maximum atomic E-state index is 4.28. The Balaban J connectivity index is 2.79. The Morgan fingerprint density at radius 2 is 1.60 bits per heavy atom. The van der Waals surface area contributed by atoms with E-state index in [0.29, 0.717) is 0 Å². The number of aryl methyl sites for hydroxylation is 1. The molecule has 0 amide bonds. The molecular formula is C11H8N4. The summed E-state index contributed by atoms with van der Waals surface area (Å²) in [6.07, 6.45) is 5.00. The van der Waals surface area contributed by atoms with Crippen molar-refractivity contribution in [2.24, 2.45) is 0 Å². The molecule has 0 spiro atoms. The van der Waals surface area contributed by atoms with E-state index in [1.165, 1.54) is 6.33 Å². The highest BCUT2D eigenvalue weighted by molar-refractivity contribution is 6.06. The van der Waals surface area contributed by atoms with E-state index < -0.39 is 0 Å². The van der Waals surface area contributed by atoms with Crippen LogP contribution in [0.2, 0.25) is 0 Å². The summed E-state index contributed by atoms with van der Waals surface area (Å²) in [5.74, 6) is 0. The molecule has 3 aromatic heterocycles. The van der Waals surface area contributed by atoms with Gasteiger partial charge >= 0.3 is 0 Å². The molecule has 0 saturated carbocycles. The van der Waals surface area contributed by atoms with Gasteiger partial charge in [-0.2, -0.15) is 0 Å². The van der Waals surface area contributed by atoms with E-state index in [1.807, 2.05) is 6.92 Å². The van der Waals surface area contributed by atoms with Gasteiger partial charge in [0, 0.05) is 16.5 Å². The van der Waals surface area contributed by atoms with Crippen LogP contribution in [0.1, 0.15) is 5.69 Å². The van der Waals surface area contributed by atoms with Crippen LogP contribution in [0.15, 0.2) is 18.7 Å². The molecule has 72 valence electrons. The first-order chi connectivity index (χ1) is 7.27. The van der Waals surface area contributed by atoms with Gasteiger partial charge in [0.05, 0.1) is 28.8 Å². The van der Waals surface area contributed by atoms with Crippen LogP contribution in [-0.2, 0) is 0 Å². The minimum Gasteiger partial charge on any atom is -0.259 e. The van der Waals surface area contributed by atoms with Crippen LogP contribution >= 0.6 is 0 Å². The molecule has 0 bridgehead atoms. The molecule has 3 aromatic rings. The smallest absolute Gasteiger partial charge is 0.116 e. The summed E-state index contributed by atoms with van der Waals surface area (Å²) in [5.41, 5.74) is 2.60. The fourth-order valence-electron chi connectivity index (χ4n) is 1.83. The maximum Gasteiger partial charge on any atom is 0.116 e. The Kier molecular flexibility index (Phi) is 1.48. The van der Waals surface area contributed by atoms with Crippen LogP contribution in [-0.4, -0.2) is 19.9 Å². The first-order valence-corrected chi connectivity index (χ1v) is 4.61. The zero-order valence-electron chi connectivity index (χ0n) is 8.23. The number of hydrogen-bond donors (Lipinski definition) is 0. The summed E-state index contributed by atoms with van der Waals surface area (Å²) in [5, 5.41) is 2.70. The fraction of sp³-hybridized carbons (Fsp3) is 0.0909. The second kappa shape index (κ2) is 2.70. The molecule has 0 aliphatic rings. The van der Waals surface area contributed by atoms with Crippen LogP contribution < -0.4 is 5.35 Å². The Labute approximate surface area is 85.7 Å². The molecule has 0 N–H and O–H groups in total. The molecule has 0 atom stereocenters. The van der Waals surface area contributed by atoms with Crippen molar-refractivity contribution in [3.05, 3.63) is 29.8 Å². The molecule has 3 heterocycles. The molecule has 0 aliphatic carbocycles. The highest BCUT2D eigenvalue weighted by Gasteiger charge is 2.07. The number of aromatic nitrogens is 4. The standard InChI is InChI=1S/C11H8N4/c1-6-10-7(2)13-4-9-11(10)8(3-12-6)14-5-15-9/h3-5H,1H2,2H3. The predicted molar refractivity (Wildman–Crippen MR) is 58.1 cm³/mol. The zero-order chi connectivity index (χ0) is 10.4. The Bertz CT molecular complexity index is 689. The van der Waals surface area contributed by atoms with E-state index in [2.05, 4.69) is 26.5 Å². The average molecular weight is 196 g/mol. The fourth-order valence-corrected chi connectivity index (χ4v) is 1.83. The van der Waals surface area contributed by atoms with Gasteiger partial charge in [0.1, 0.15) is 6.33 Å². The normalized spacial score (nSPS) is 11.3. The van der Waals surface area contributed by atoms with Gasteiger partial charge in [-0.1, -0.05) is 6.58 Å². The molecule has 4 nitrogen and oxygen atoms in total. The highest BCUT2D eigenvalue weighted by Crippen LogP contribution is 2.20. The van der Waals surface area contributed by atoms with Crippen LogP contribution in [0.5, 0.6) is 0 Å². The average Bonchev–Trinajstić information content (AvgIpc) is 2.25. The van der Waals surface area contributed by atoms with Crippen molar-refractivity contribution in [1.29, 1.82) is 0 Å². The molecule has 0 radical (unpaired) electrons. The number of pyridine rings is 2. The van der Waals surface area contributed by atoms with Gasteiger partial charge in [-0.05, 0) is 6.92 Å². The van der Waals surface area contributed by atoms with Crippen molar-refractivity contribution in [2.75, 3.05) is 0 Å². The van der Waals surface area contributed by atoms with Crippen LogP contribution in [0.4, 0.5) is 0 Å². The Morgan fingerprint density at radius 3 is 2.33 bits per heavy atom. The summed E-state index contributed by atoms with van der Waals surface area (Å²) in [6.45, 7) is 5.85. The third-order valence-corrected chi connectivity index (χ3v) is 2.53. The molecule has 3 rings (SSSR count). The maximum absolute atomic E-state index is 4.28. The van der Waals surface area contributed by atoms with Crippen molar-refractivity contribution in [3.8, 4) is 0 Å². The summed E-state index contributed by atoms with van der Waals surface area (Å²) in [4.78, 5) is 16.9. The second-order valence-electron chi connectivity index (χ2n) is 3.44. The summed E-state index contributed by atoms with van der Waals surface area (Å²) < 4.78 is 0. The largest absolute Gasteiger partial charge is 0.259 e. The first-order valence-electron chi connectivity index (χ1n) is 4.61. The van der Waals surface area contributed by atoms with E-state index in [-0.39, 0.29) is 0 Å². The lowest BCUT2D eigenvalue weighted by Gasteiger charge is -2.05. The molecular weight excluding hydrogens is 188 g/mol. The molecule has 4 heteroatoms. The van der Waals surface area contributed by atoms with Crippen LogP contribution in [0.25, 0.3) is 28.4 Å². The van der Waals surface area contributed by atoms with Crippen molar-refractivity contribution in [1.82, 2.24) is 19.9 Å². The third kappa shape index (κ3) is 1.01. The van der Waals surface area contributed by atoms with Crippen molar-refractivity contribution in [3.63, 3.8) is 0 Å². The topological polar surface area (TPSA) is 51.6 Å². The lowest BCUT2D eigenvalue weighted by atomic mass is 10.1. The first kappa shape index (κ1) is 8.23. The van der Waals surface area contributed by atoms with Crippen LogP contribution in [0, 0.1) is 6.92 Å². The predicted octanol–water partition coefficient (Wildman–Crippen LogP) is 1.01. The van der Waals surface area contributed by atoms with Crippen molar-refractivity contribution in [2.45, 2.75) is 6.92 Å². The lowest BCUT2D eigenvalue weighted by molar-refractivity contribution is 1.17. The zero-order valence-corrected chi connectivity index (χ0v) is 8.23. The van der Waals surface area contributed by atoms with Crippen LogP contribution in [0.3, 0.4) is 0 Å². The molecule has 0 aliphatic heterocycles. The van der Waals surface area contributed by atoms with Gasteiger partial charge in [-0.3, -0.25) is 9.97 Å². The quantitative estimate of drug-likeness (QED) is 0.538. The Morgan fingerprint density at radius 1 is 0.933 bits per heavy atom. The monoisotopic (exact) mass is 196 g/mol. The summed E-state index contributed by atoms with van der Waals surface area (Å²) in [6, 6.07) is 0. The second-order valence-corrected chi connectivity index (χ2v) is 3.44. The Hall–Kier alpha value is -2.10. The van der Waals surface area contributed by atoms with Gasteiger partial charge in [0.25, 0.3) is 0 Å². The minimum atomic E-state index is 0.730. The van der Waals surface area contributed by atoms with E-state index in [0.717, 1.165) is 32.8 Å². The van der Waals surface area contributed by atoms with Crippen molar-refractivity contribution < 1.29 is 0 Å². The summed E-state index contributed by atoms with van der Waals surface area (Å²) in [7, 11) is 0. The van der Waals surface area contributed by atoms with Gasteiger partial charge in [0.2, 0.25) is 0 Å². The van der Waals surface area contributed by atoms with Gasteiger partial charge < -0.3 is 0 Å². The minimum absolute atomic E-state index is 0.730. The molecule has 0 unspecified atom stereocenters. The lowest BCUT2D eigenvalue weighted by Crippen LogP contribution is -2.08. The molecule has 15 heavy (non-hydrogen) atoms. The van der Waals surface area contributed by atoms with E-state index in [1.54, 1.807) is 12.4 Å². The molecule has 0 fully saturated rings. The van der Waals surface area contributed by atoms with E-state index in [4.69, 9.17) is 0 Å². The number of nitrogens with zero attached hydrogens (tertiary/aromatic N) is 4. The van der Waals surface area contributed by atoms with Gasteiger partial charge in [-0.15, -0.1) is 0 Å². The molecule has 0 aromatic carbocycles. The van der Waals surface area contributed by atoms with Gasteiger partial charge in [-0.25, -0.2) is 9.97 Å². The highest BCUT2D eigenvalue weighted by atomic mass is 14.9. The third-order valence-electron chi connectivity index (χ3n) is 2.53. The number of hydrogen-bond acceptors (Lipinski definition) is 4. The molecule has 0 saturated heterocycles. The van der Waals surface area contributed by atoms with Gasteiger partial charge in [0.15, 0.2) is 0 Å². The van der Waals surface area contributed by atoms with E-state index >= 15 is 0 Å². The SMILES string of the molecule is C=c1ncc2ncnc3cnc(C)c1c32. The summed E-state index contributed by atoms with van der Waals surface area (Å²) >= 11 is 0. The van der Waals surface area contributed by atoms with Crippen molar-refractivity contribution >= 4 is 28.4 Å². The van der Waals surface area contributed by atoms with E-state index in [9.17, 15) is 0 Å².